The van der Waals surface area contributed by atoms with Gasteiger partial charge in [-0.25, -0.2) is 4.98 Å². The van der Waals surface area contributed by atoms with Crippen LogP contribution in [-0.2, 0) is 0 Å². The van der Waals surface area contributed by atoms with Crippen LogP contribution in [0.5, 0.6) is 0 Å². The number of anilines is 1. The van der Waals surface area contributed by atoms with Gasteiger partial charge in [-0.1, -0.05) is 5.16 Å². The topological polar surface area (TPSA) is 78.8 Å². The van der Waals surface area contributed by atoms with Gasteiger partial charge in [0.25, 0.3) is 0 Å². The van der Waals surface area contributed by atoms with E-state index in [1.807, 2.05) is 6.07 Å². The zero-order chi connectivity index (χ0) is 14.9. The molecule has 0 unspecified atom stereocenters. The molecule has 4 rings (SSSR count). The number of nitriles is 1. The van der Waals surface area contributed by atoms with Gasteiger partial charge < -0.3 is 9.42 Å². The van der Waals surface area contributed by atoms with Crippen molar-refractivity contribution in [3.05, 3.63) is 35.6 Å². The standard InChI is InChI=1S/C16H17N5O/c17-10-13-2-1-7-18-15(13)21-8-5-11(6-9-21)14-19-16(22-20-14)12-3-4-12/h1-2,7,11-12H,3-6,8-9H2. The van der Waals surface area contributed by atoms with E-state index >= 15 is 0 Å². The fraction of sp³-hybridized carbons (Fsp3) is 0.500. The van der Waals surface area contributed by atoms with Crippen LogP contribution in [0.1, 0.15) is 54.8 Å². The smallest absolute Gasteiger partial charge is 0.229 e. The van der Waals surface area contributed by atoms with Crippen molar-refractivity contribution in [3.8, 4) is 6.07 Å². The molecule has 22 heavy (non-hydrogen) atoms. The van der Waals surface area contributed by atoms with E-state index in [-0.39, 0.29) is 0 Å². The van der Waals surface area contributed by atoms with Crippen LogP contribution in [-0.4, -0.2) is 28.2 Å². The van der Waals surface area contributed by atoms with Gasteiger partial charge in [0, 0.05) is 31.1 Å². The molecule has 0 radical (unpaired) electrons. The minimum atomic E-state index is 0.349. The lowest BCUT2D eigenvalue weighted by molar-refractivity contribution is 0.364. The molecule has 1 aliphatic heterocycles. The second-order valence-electron chi connectivity index (χ2n) is 6.01. The van der Waals surface area contributed by atoms with Crippen molar-refractivity contribution in [3.63, 3.8) is 0 Å². The largest absolute Gasteiger partial charge is 0.355 e. The molecule has 112 valence electrons. The van der Waals surface area contributed by atoms with E-state index in [2.05, 4.69) is 26.1 Å². The Morgan fingerprint density at radius 1 is 1.18 bits per heavy atom. The molecular formula is C16H17N5O. The van der Waals surface area contributed by atoms with Gasteiger partial charge in [-0.3, -0.25) is 0 Å². The predicted molar refractivity (Wildman–Crippen MR) is 79.4 cm³/mol. The summed E-state index contributed by atoms with van der Waals surface area (Å²) in [6.07, 6.45) is 6.02. The lowest BCUT2D eigenvalue weighted by atomic mass is 9.96. The van der Waals surface area contributed by atoms with Gasteiger partial charge in [0.2, 0.25) is 5.89 Å². The number of aromatic nitrogens is 3. The van der Waals surface area contributed by atoms with Crippen LogP contribution >= 0.6 is 0 Å². The summed E-state index contributed by atoms with van der Waals surface area (Å²) in [6, 6.07) is 5.83. The van der Waals surface area contributed by atoms with Crippen LogP contribution in [0.2, 0.25) is 0 Å². The van der Waals surface area contributed by atoms with Gasteiger partial charge in [-0.15, -0.1) is 0 Å². The van der Waals surface area contributed by atoms with Gasteiger partial charge in [-0.05, 0) is 37.8 Å². The minimum Gasteiger partial charge on any atom is -0.355 e. The summed E-state index contributed by atoms with van der Waals surface area (Å²) in [7, 11) is 0. The van der Waals surface area contributed by atoms with Gasteiger partial charge in [0.1, 0.15) is 11.9 Å². The molecule has 3 heterocycles. The summed E-state index contributed by atoms with van der Waals surface area (Å²) >= 11 is 0. The van der Waals surface area contributed by atoms with Crippen LogP contribution in [0.25, 0.3) is 0 Å². The first-order valence-corrected chi connectivity index (χ1v) is 7.78. The third kappa shape index (κ3) is 2.43. The Hall–Kier alpha value is -2.42. The molecule has 0 amide bonds. The maximum atomic E-state index is 9.19. The number of nitrogens with zero attached hydrogens (tertiary/aromatic N) is 5. The SMILES string of the molecule is N#Cc1cccnc1N1CCC(c2noc(C3CC3)n2)CC1. The lowest BCUT2D eigenvalue weighted by Crippen LogP contribution is -2.34. The highest BCUT2D eigenvalue weighted by Gasteiger charge is 2.32. The Labute approximate surface area is 128 Å². The average Bonchev–Trinajstić information content (AvgIpc) is 3.32. The maximum Gasteiger partial charge on any atom is 0.229 e. The van der Waals surface area contributed by atoms with Gasteiger partial charge >= 0.3 is 0 Å². The van der Waals surface area contributed by atoms with E-state index in [9.17, 15) is 5.26 Å². The van der Waals surface area contributed by atoms with Crippen LogP contribution < -0.4 is 4.90 Å². The normalized spacial score (nSPS) is 19.1. The lowest BCUT2D eigenvalue weighted by Gasteiger charge is -2.31. The zero-order valence-electron chi connectivity index (χ0n) is 12.3. The Kier molecular flexibility index (Phi) is 3.26. The first-order valence-electron chi connectivity index (χ1n) is 7.78. The molecule has 1 aliphatic carbocycles. The second-order valence-corrected chi connectivity index (χ2v) is 6.01. The molecule has 6 heteroatoms. The predicted octanol–water partition coefficient (Wildman–Crippen LogP) is 2.60. The number of rotatable bonds is 3. The minimum absolute atomic E-state index is 0.349. The van der Waals surface area contributed by atoms with E-state index in [0.717, 1.165) is 43.5 Å². The average molecular weight is 295 g/mol. The Morgan fingerprint density at radius 2 is 2.00 bits per heavy atom. The third-order valence-electron chi connectivity index (χ3n) is 4.45. The molecule has 2 aromatic heterocycles. The maximum absolute atomic E-state index is 9.19. The van der Waals surface area contributed by atoms with Crippen molar-refractivity contribution in [1.82, 2.24) is 15.1 Å². The van der Waals surface area contributed by atoms with Crippen molar-refractivity contribution in [2.75, 3.05) is 18.0 Å². The molecular weight excluding hydrogens is 278 g/mol. The molecule has 2 fully saturated rings. The van der Waals surface area contributed by atoms with E-state index in [1.54, 1.807) is 12.3 Å². The van der Waals surface area contributed by atoms with Crippen LogP contribution in [0, 0.1) is 11.3 Å². The molecule has 2 aliphatic rings. The van der Waals surface area contributed by atoms with Gasteiger partial charge in [0.15, 0.2) is 5.82 Å². The zero-order valence-corrected chi connectivity index (χ0v) is 12.3. The molecule has 0 N–H and O–H groups in total. The van der Waals surface area contributed by atoms with E-state index in [4.69, 9.17) is 4.52 Å². The third-order valence-corrected chi connectivity index (χ3v) is 4.45. The summed E-state index contributed by atoms with van der Waals surface area (Å²) in [6.45, 7) is 1.73. The summed E-state index contributed by atoms with van der Waals surface area (Å²) in [5.74, 6) is 3.31. The van der Waals surface area contributed by atoms with E-state index < -0.39 is 0 Å². The summed E-state index contributed by atoms with van der Waals surface area (Å²) in [4.78, 5) is 11.1. The first-order chi connectivity index (χ1) is 10.8. The summed E-state index contributed by atoms with van der Waals surface area (Å²) in [5.41, 5.74) is 0.636. The van der Waals surface area contributed by atoms with Crippen LogP contribution in [0.15, 0.2) is 22.9 Å². The quantitative estimate of drug-likeness (QED) is 0.866. The molecule has 6 nitrogen and oxygen atoms in total. The summed E-state index contributed by atoms with van der Waals surface area (Å²) < 4.78 is 5.36. The van der Waals surface area contributed by atoms with E-state index in [0.29, 0.717) is 17.4 Å². The Bertz CT molecular complexity index is 707. The monoisotopic (exact) mass is 295 g/mol. The van der Waals surface area contributed by atoms with Crippen molar-refractivity contribution in [1.29, 1.82) is 5.26 Å². The van der Waals surface area contributed by atoms with E-state index in [1.165, 1.54) is 12.8 Å². The molecule has 2 aromatic rings. The van der Waals surface area contributed by atoms with Crippen molar-refractivity contribution in [2.45, 2.75) is 37.5 Å². The highest BCUT2D eigenvalue weighted by atomic mass is 16.5. The molecule has 1 saturated heterocycles. The summed E-state index contributed by atoms with van der Waals surface area (Å²) in [5, 5.41) is 13.4. The highest BCUT2D eigenvalue weighted by molar-refractivity contribution is 5.53. The fourth-order valence-electron chi connectivity index (χ4n) is 2.99. The van der Waals surface area contributed by atoms with Crippen molar-refractivity contribution < 1.29 is 4.52 Å². The van der Waals surface area contributed by atoms with Crippen LogP contribution in [0.3, 0.4) is 0 Å². The number of hydrogen-bond donors (Lipinski definition) is 0. The molecule has 0 aromatic carbocycles. The first kappa shape index (κ1) is 13.3. The van der Waals surface area contributed by atoms with Gasteiger partial charge in [-0.2, -0.15) is 10.2 Å². The Balaban J connectivity index is 1.44. The number of hydrogen-bond acceptors (Lipinski definition) is 6. The van der Waals surface area contributed by atoms with Crippen molar-refractivity contribution in [2.24, 2.45) is 0 Å². The fourth-order valence-corrected chi connectivity index (χ4v) is 2.99. The molecule has 0 bridgehead atoms. The molecule has 1 saturated carbocycles. The van der Waals surface area contributed by atoms with Crippen molar-refractivity contribution >= 4 is 5.82 Å². The Morgan fingerprint density at radius 3 is 2.73 bits per heavy atom. The van der Waals surface area contributed by atoms with Gasteiger partial charge in [0.05, 0.1) is 5.56 Å². The van der Waals surface area contributed by atoms with Crippen LogP contribution in [0.4, 0.5) is 5.82 Å². The number of piperidine rings is 1. The highest BCUT2D eigenvalue weighted by Crippen LogP contribution is 2.40. The second kappa shape index (κ2) is 5.41. The number of pyridine rings is 1. The molecule has 0 spiro atoms. The molecule has 0 atom stereocenters.